The second kappa shape index (κ2) is 7.63. The molecule has 0 heterocycles. The van der Waals surface area contributed by atoms with Gasteiger partial charge in [-0.25, -0.2) is 4.39 Å². The monoisotopic (exact) mass is 281 g/mol. The normalized spacial score (nSPS) is 12.8. The van der Waals surface area contributed by atoms with Gasteiger partial charge in [-0.2, -0.15) is 0 Å². The lowest BCUT2D eigenvalue weighted by Crippen LogP contribution is -2.33. The Labute approximate surface area is 122 Å². The number of aliphatic hydroxyl groups is 1. The first-order valence-electron chi connectivity index (χ1n) is 7.63. The summed E-state index contributed by atoms with van der Waals surface area (Å²) in [4.78, 5) is 2.27. The Balaban J connectivity index is 3.14. The highest BCUT2D eigenvalue weighted by molar-refractivity contribution is 5.57. The average Bonchev–Trinajstić information content (AvgIpc) is 2.37. The van der Waals surface area contributed by atoms with Crippen molar-refractivity contribution in [2.75, 3.05) is 11.4 Å². The number of hydrogen-bond acceptors (Lipinski definition) is 2. The van der Waals surface area contributed by atoms with Crippen LogP contribution in [0, 0.1) is 12.7 Å². The van der Waals surface area contributed by atoms with Crippen molar-refractivity contribution in [2.45, 2.75) is 66.0 Å². The number of aliphatic hydroxyl groups excluding tert-OH is 1. The molecule has 114 valence electrons. The van der Waals surface area contributed by atoms with Gasteiger partial charge >= 0.3 is 0 Å². The number of aryl methyl sites for hydroxylation is 1. The van der Waals surface area contributed by atoms with Crippen LogP contribution in [0.1, 0.15) is 64.2 Å². The van der Waals surface area contributed by atoms with Gasteiger partial charge in [-0.15, -0.1) is 0 Å². The van der Waals surface area contributed by atoms with Crippen molar-refractivity contribution in [2.24, 2.45) is 0 Å². The first-order valence-corrected chi connectivity index (χ1v) is 7.63. The molecule has 0 fully saturated rings. The Hall–Kier alpha value is -1.09. The quantitative estimate of drug-likeness (QED) is 0.739. The maximum absolute atomic E-state index is 13.8. The van der Waals surface area contributed by atoms with E-state index in [0.717, 1.165) is 18.7 Å². The predicted molar refractivity (Wildman–Crippen MR) is 83.8 cm³/mol. The fourth-order valence-corrected chi connectivity index (χ4v) is 2.45. The summed E-state index contributed by atoms with van der Waals surface area (Å²) in [5.74, 6) is -0.248. The standard InChI is InChI=1S/C17H28FNO/c1-6-7-8-9-19(12(2)3)17-10-13(4)16(18)11-15(17)14(5)20/h10-12,14,20H,6-9H2,1-5H3/t14-/m0/s1. The Morgan fingerprint density at radius 3 is 2.35 bits per heavy atom. The van der Waals surface area contributed by atoms with Crippen molar-refractivity contribution in [3.8, 4) is 0 Å². The average molecular weight is 281 g/mol. The topological polar surface area (TPSA) is 23.5 Å². The van der Waals surface area contributed by atoms with Crippen LogP contribution in [0.3, 0.4) is 0 Å². The maximum Gasteiger partial charge on any atom is 0.126 e. The molecule has 0 aliphatic rings. The van der Waals surface area contributed by atoms with Gasteiger partial charge in [-0.1, -0.05) is 19.8 Å². The fraction of sp³-hybridized carbons (Fsp3) is 0.647. The molecule has 0 radical (unpaired) electrons. The summed E-state index contributed by atoms with van der Waals surface area (Å²) in [5, 5.41) is 9.93. The van der Waals surface area contributed by atoms with Gasteiger partial charge in [0.1, 0.15) is 5.82 Å². The smallest absolute Gasteiger partial charge is 0.126 e. The lowest BCUT2D eigenvalue weighted by atomic mass is 10.0. The summed E-state index contributed by atoms with van der Waals surface area (Å²) in [5.41, 5.74) is 2.27. The van der Waals surface area contributed by atoms with E-state index in [1.165, 1.54) is 18.9 Å². The molecule has 1 N–H and O–H groups in total. The van der Waals surface area contributed by atoms with E-state index in [1.807, 2.05) is 6.07 Å². The third-order valence-electron chi connectivity index (χ3n) is 3.69. The molecule has 1 aromatic rings. The Morgan fingerprint density at radius 1 is 1.20 bits per heavy atom. The highest BCUT2D eigenvalue weighted by atomic mass is 19.1. The lowest BCUT2D eigenvalue weighted by Gasteiger charge is -2.32. The van der Waals surface area contributed by atoms with Crippen LogP contribution in [-0.2, 0) is 0 Å². The molecule has 0 aliphatic carbocycles. The van der Waals surface area contributed by atoms with Gasteiger partial charge in [0.05, 0.1) is 6.10 Å². The number of hydrogen-bond donors (Lipinski definition) is 1. The van der Waals surface area contributed by atoms with E-state index in [0.29, 0.717) is 17.2 Å². The van der Waals surface area contributed by atoms with E-state index in [2.05, 4.69) is 25.7 Å². The zero-order valence-electron chi connectivity index (χ0n) is 13.4. The Kier molecular flexibility index (Phi) is 6.47. The van der Waals surface area contributed by atoms with Crippen molar-refractivity contribution in [3.63, 3.8) is 0 Å². The van der Waals surface area contributed by atoms with Gasteiger partial charge in [-0.3, -0.25) is 0 Å². The van der Waals surface area contributed by atoms with Crippen molar-refractivity contribution in [1.82, 2.24) is 0 Å². The second-order valence-corrected chi connectivity index (χ2v) is 5.83. The van der Waals surface area contributed by atoms with Crippen LogP contribution in [-0.4, -0.2) is 17.7 Å². The summed E-state index contributed by atoms with van der Waals surface area (Å²) < 4.78 is 13.8. The molecule has 0 saturated carbocycles. The molecule has 0 spiro atoms. The van der Waals surface area contributed by atoms with Gasteiger partial charge in [0.15, 0.2) is 0 Å². The predicted octanol–water partition coefficient (Wildman–Crippen LogP) is 4.59. The summed E-state index contributed by atoms with van der Waals surface area (Å²) >= 11 is 0. The zero-order valence-corrected chi connectivity index (χ0v) is 13.4. The van der Waals surface area contributed by atoms with Crippen LogP contribution >= 0.6 is 0 Å². The third-order valence-corrected chi connectivity index (χ3v) is 3.69. The minimum absolute atomic E-state index is 0.248. The number of benzene rings is 1. The van der Waals surface area contributed by atoms with E-state index in [-0.39, 0.29) is 5.82 Å². The molecule has 1 atom stereocenters. The molecular weight excluding hydrogens is 253 g/mol. The summed E-state index contributed by atoms with van der Waals surface area (Å²) in [7, 11) is 0. The number of nitrogens with zero attached hydrogens (tertiary/aromatic N) is 1. The molecule has 0 aromatic heterocycles. The van der Waals surface area contributed by atoms with Crippen LogP contribution in [0.15, 0.2) is 12.1 Å². The summed E-state index contributed by atoms with van der Waals surface area (Å²) in [6, 6.07) is 3.67. The van der Waals surface area contributed by atoms with Crippen molar-refractivity contribution in [3.05, 3.63) is 29.1 Å². The van der Waals surface area contributed by atoms with Crippen molar-refractivity contribution >= 4 is 5.69 Å². The van der Waals surface area contributed by atoms with E-state index in [9.17, 15) is 9.50 Å². The molecular formula is C17H28FNO. The van der Waals surface area contributed by atoms with Gasteiger partial charge in [-0.05, 0) is 51.8 Å². The van der Waals surface area contributed by atoms with Crippen LogP contribution < -0.4 is 4.90 Å². The molecule has 1 rings (SSSR count). The molecule has 0 aliphatic heterocycles. The molecule has 0 unspecified atom stereocenters. The number of unbranched alkanes of at least 4 members (excludes halogenated alkanes) is 2. The second-order valence-electron chi connectivity index (χ2n) is 5.83. The van der Waals surface area contributed by atoms with Gasteiger partial charge < -0.3 is 10.0 Å². The molecule has 3 heteroatoms. The van der Waals surface area contributed by atoms with Crippen molar-refractivity contribution in [1.29, 1.82) is 0 Å². The largest absolute Gasteiger partial charge is 0.389 e. The maximum atomic E-state index is 13.8. The zero-order chi connectivity index (χ0) is 15.3. The van der Waals surface area contributed by atoms with Crippen molar-refractivity contribution < 1.29 is 9.50 Å². The van der Waals surface area contributed by atoms with Gasteiger partial charge in [0, 0.05) is 23.8 Å². The minimum Gasteiger partial charge on any atom is -0.389 e. The Bertz CT molecular complexity index is 429. The molecule has 2 nitrogen and oxygen atoms in total. The summed E-state index contributed by atoms with van der Waals surface area (Å²) in [6.07, 6.45) is 2.82. The van der Waals surface area contributed by atoms with E-state index >= 15 is 0 Å². The van der Waals surface area contributed by atoms with Crippen LogP contribution in [0.25, 0.3) is 0 Å². The van der Waals surface area contributed by atoms with Crippen LogP contribution in [0.4, 0.5) is 10.1 Å². The lowest BCUT2D eigenvalue weighted by molar-refractivity contribution is 0.199. The molecule has 20 heavy (non-hydrogen) atoms. The van der Waals surface area contributed by atoms with E-state index in [1.54, 1.807) is 13.8 Å². The molecule has 0 amide bonds. The van der Waals surface area contributed by atoms with Gasteiger partial charge in [0.2, 0.25) is 0 Å². The highest BCUT2D eigenvalue weighted by Crippen LogP contribution is 2.31. The van der Waals surface area contributed by atoms with Gasteiger partial charge in [0.25, 0.3) is 0 Å². The fourth-order valence-electron chi connectivity index (χ4n) is 2.45. The molecule has 1 aromatic carbocycles. The van der Waals surface area contributed by atoms with E-state index < -0.39 is 6.10 Å². The SMILES string of the molecule is CCCCCN(c1cc(C)c(F)cc1[C@H](C)O)C(C)C. The number of halogens is 1. The first kappa shape index (κ1) is 17.0. The summed E-state index contributed by atoms with van der Waals surface area (Å²) in [6.45, 7) is 10.9. The van der Waals surface area contributed by atoms with E-state index in [4.69, 9.17) is 0 Å². The first-order chi connectivity index (χ1) is 9.38. The Morgan fingerprint density at radius 2 is 1.85 bits per heavy atom. The highest BCUT2D eigenvalue weighted by Gasteiger charge is 2.18. The van der Waals surface area contributed by atoms with Crippen LogP contribution in [0.5, 0.6) is 0 Å². The minimum atomic E-state index is -0.660. The molecule has 0 bridgehead atoms. The van der Waals surface area contributed by atoms with Crippen LogP contribution in [0.2, 0.25) is 0 Å². The number of rotatable bonds is 7. The molecule has 0 saturated heterocycles. The third kappa shape index (κ3) is 4.20. The number of anilines is 1.